The molecule has 2 aliphatic rings. The Balaban J connectivity index is 1.06. The Morgan fingerprint density at radius 2 is 1.77 bits per heavy atom. The predicted molar refractivity (Wildman–Crippen MR) is 121 cm³/mol. The highest BCUT2D eigenvalue weighted by atomic mass is 32.1. The maximum absolute atomic E-state index is 5.96. The molecule has 0 spiro atoms. The summed E-state index contributed by atoms with van der Waals surface area (Å²) in [6.07, 6.45) is 5.17. The van der Waals surface area contributed by atoms with Gasteiger partial charge in [0.2, 0.25) is 0 Å². The smallest absolute Gasteiger partial charge is 0.279 e. The minimum absolute atomic E-state index is 0.645. The van der Waals surface area contributed by atoms with E-state index in [0.717, 1.165) is 47.3 Å². The van der Waals surface area contributed by atoms with Gasteiger partial charge in [-0.2, -0.15) is 0 Å². The van der Waals surface area contributed by atoms with Crippen molar-refractivity contribution in [3.8, 4) is 16.7 Å². The van der Waals surface area contributed by atoms with Crippen molar-refractivity contribution in [2.45, 2.75) is 31.7 Å². The molecule has 5 nitrogen and oxygen atoms in total. The molecule has 1 aromatic heterocycles. The molecular formula is C24H28N3O2S. The number of piperidine rings is 1. The highest BCUT2D eigenvalue weighted by molar-refractivity contribution is 7.20. The molecule has 0 amide bonds. The Morgan fingerprint density at radius 3 is 2.53 bits per heavy atom. The molecule has 5 rings (SSSR count). The van der Waals surface area contributed by atoms with E-state index in [2.05, 4.69) is 16.0 Å². The molecule has 1 unspecified atom stereocenters. The molecule has 30 heavy (non-hydrogen) atoms. The first-order valence-electron chi connectivity index (χ1n) is 11.0. The number of likely N-dealkylation sites (tertiary alicyclic amines) is 1. The average molecular weight is 423 g/mol. The van der Waals surface area contributed by atoms with Crippen molar-refractivity contribution >= 4 is 21.6 Å². The van der Waals surface area contributed by atoms with Crippen molar-refractivity contribution in [2.75, 3.05) is 32.8 Å². The third kappa shape index (κ3) is 4.77. The van der Waals surface area contributed by atoms with Gasteiger partial charge in [0.1, 0.15) is 18.1 Å². The molecule has 0 aliphatic carbocycles. The number of hydrogen-bond donors (Lipinski definition) is 0. The van der Waals surface area contributed by atoms with Crippen LogP contribution in [0.4, 0.5) is 0 Å². The van der Waals surface area contributed by atoms with Crippen LogP contribution in [0, 0.1) is 5.92 Å². The fourth-order valence-electron chi connectivity index (χ4n) is 4.49. The first-order chi connectivity index (χ1) is 14.8. The number of thiazole rings is 1. The molecule has 2 fully saturated rings. The third-order valence-electron chi connectivity index (χ3n) is 6.18. The number of fused-ring (bicyclic) bond motifs is 1. The predicted octanol–water partition coefficient (Wildman–Crippen LogP) is 4.95. The Bertz CT molecular complexity index is 911. The van der Waals surface area contributed by atoms with E-state index in [1.807, 2.05) is 42.5 Å². The molecule has 0 bridgehead atoms. The molecule has 1 atom stereocenters. The van der Waals surface area contributed by atoms with Gasteiger partial charge in [-0.3, -0.25) is 4.90 Å². The SMILES string of the molecule is c1ccc2sc(Oc3ccc(OCCN4CCC(C5CCC[N]5)CC4)cc3)nc2c1. The second kappa shape index (κ2) is 9.33. The fraction of sp³-hybridized carbons (Fsp3) is 0.458. The second-order valence-corrected chi connectivity index (χ2v) is 9.16. The van der Waals surface area contributed by atoms with Crippen molar-refractivity contribution in [3.63, 3.8) is 0 Å². The van der Waals surface area contributed by atoms with E-state index in [9.17, 15) is 0 Å². The summed E-state index contributed by atoms with van der Waals surface area (Å²) >= 11 is 1.56. The number of ether oxygens (including phenoxy) is 2. The van der Waals surface area contributed by atoms with E-state index in [4.69, 9.17) is 14.8 Å². The molecular weight excluding hydrogens is 394 g/mol. The molecule has 1 radical (unpaired) electrons. The number of nitrogens with zero attached hydrogens (tertiary/aromatic N) is 3. The summed E-state index contributed by atoms with van der Waals surface area (Å²) in [4.78, 5) is 7.04. The summed E-state index contributed by atoms with van der Waals surface area (Å²) in [5.41, 5.74) is 0.971. The van der Waals surface area contributed by atoms with Crippen LogP contribution < -0.4 is 14.8 Å². The number of aromatic nitrogens is 1. The first kappa shape index (κ1) is 19.8. The van der Waals surface area contributed by atoms with E-state index in [0.29, 0.717) is 11.2 Å². The van der Waals surface area contributed by atoms with Crippen molar-refractivity contribution in [1.82, 2.24) is 15.2 Å². The van der Waals surface area contributed by atoms with E-state index >= 15 is 0 Å². The zero-order valence-corrected chi connectivity index (χ0v) is 18.0. The monoisotopic (exact) mass is 422 g/mol. The summed E-state index contributed by atoms with van der Waals surface area (Å²) < 4.78 is 13.0. The Morgan fingerprint density at radius 1 is 0.967 bits per heavy atom. The number of hydrogen-bond acceptors (Lipinski definition) is 5. The van der Waals surface area contributed by atoms with Crippen molar-refractivity contribution in [3.05, 3.63) is 48.5 Å². The third-order valence-corrected chi connectivity index (χ3v) is 7.09. The van der Waals surface area contributed by atoms with Crippen molar-refractivity contribution in [1.29, 1.82) is 0 Å². The van der Waals surface area contributed by atoms with Crippen LogP contribution >= 0.6 is 11.3 Å². The Hall–Kier alpha value is -2.15. The summed E-state index contributed by atoms with van der Waals surface area (Å²) in [5, 5.41) is 5.44. The van der Waals surface area contributed by atoms with Crippen molar-refractivity contribution in [2.24, 2.45) is 5.92 Å². The van der Waals surface area contributed by atoms with Gasteiger partial charge in [0.05, 0.1) is 10.2 Å². The van der Waals surface area contributed by atoms with Gasteiger partial charge in [-0.1, -0.05) is 23.5 Å². The van der Waals surface area contributed by atoms with Crippen LogP contribution in [0.5, 0.6) is 16.7 Å². The van der Waals surface area contributed by atoms with Crippen LogP contribution in [0.25, 0.3) is 10.2 Å². The van der Waals surface area contributed by atoms with E-state index < -0.39 is 0 Å². The first-order valence-corrected chi connectivity index (χ1v) is 11.8. The minimum atomic E-state index is 0.645. The molecule has 2 aromatic carbocycles. The van der Waals surface area contributed by atoms with Gasteiger partial charge >= 0.3 is 0 Å². The van der Waals surface area contributed by atoms with Gasteiger partial charge in [0, 0.05) is 19.1 Å². The summed E-state index contributed by atoms with van der Waals surface area (Å²) in [6, 6.07) is 16.5. The average Bonchev–Trinajstić information content (AvgIpc) is 3.45. The van der Waals surface area contributed by atoms with Gasteiger partial charge < -0.3 is 9.47 Å². The minimum Gasteiger partial charge on any atom is -0.492 e. The number of benzene rings is 2. The molecule has 0 N–H and O–H groups in total. The van der Waals surface area contributed by atoms with Crippen LogP contribution in [0.3, 0.4) is 0 Å². The largest absolute Gasteiger partial charge is 0.492 e. The Labute approximate surface area is 182 Å². The molecule has 2 aliphatic heterocycles. The lowest BCUT2D eigenvalue weighted by atomic mass is 9.88. The maximum atomic E-state index is 5.96. The van der Waals surface area contributed by atoms with Crippen molar-refractivity contribution < 1.29 is 9.47 Å². The lowest BCUT2D eigenvalue weighted by molar-refractivity contribution is 0.140. The summed E-state index contributed by atoms with van der Waals surface area (Å²) in [6.45, 7) is 5.14. The van der Waals surface area contributed by atoms with Crippen LogP contribution in [0.1, 0.15) is 25.7 Å². The van der Waals surface area contributed by atoms with E-state index in [1.54, 1.807) is 11.3 Å². The summed E-state index contributed by atoms with van der Waals surface area (Å²) in [7, 11) is 0. The quantitative estimate of drug-likeness (QED) is 0.541. The maximum Gasteiger partial charge on any atom is 0.279 e. The molecule has 6 heteroatoms. The van der Waals surface area contributed by atoms with Gasteiger partial charge in [-0.05, 0) is 81.1 Å². The Kier molecular flexibility index (Phi) is 6.16. The van der Waals surface area contributed by atoms with Crippen LogP contribution in [0.2, 0.25) is 0 Å². The van der Waals surface area contributed by atoms with Crippen LogP contribution in [0.15, 0.2) is 48.5 Å². The topological polar surface area (TPSA) is 48.7 Å². The van der Waals surface area contributed by atoms with E-state index in [-0.39, 0.29) is 0 Å². The fourth-order valence-corrected chi connectivity index (χ4v) is 5.32. The molecule has 3 aromatic rings. The van der Waals surface area contributed by atoms with Crippen LogP contribution in [-0.2, 0) is 0 Å². The normalized spacial score (nSPS) is 20.6. The molecule has 2 saturated heterocycles. The highest BCUT2D eigenvalue weighted by Crippen LogP contribution is 2.31. The zero-order chi connectivity index (χ0) is 20.2. The van der Waals surface area contributed by atoms with Gasteiger partial charge in [-0.25, -0.2) is 10.3 Å². The highest BCUT2D eigenvalue weighted by Gasteiger charge is 2.28. The van der Waals surface area contributed by atoms with E-state index in [1.165, 1.54) is 38.8 Å². The van der Waals surface area contributed by atoms with Gasteiger partial charge in [-0.15, -0.1) is 0 Å². The van der Waals surface area contributed by atoms with Gasteiger partial charge in [0.15, 0.2) is 0 Å². The second-order valence-electron chi connectivity index (χ2n) is 8.16. The molecule has 157 valence electrons. The van der Waals surface area contributed by atoms with Crippen LogP contribution in [-0.4, -0.2) is 48.7 Å². The summed E-state index contributed by atoms with van der Waals surface area (Å²) in [5.74, 6) is 2.47. The van der Waals surface area contributed by atoms with Gasteiger partial charge in [0.25, 0.3) is 5.19 Å². The molecule has 3 heterocycles. The lowest BCUT2D eigenvalue weighted by Crippen LogP contribution is -2.40. The lowest BCUT2D eigenvalue weighted by Gasteiger charge is -2.34. The number of rotatable bonds is 7. The number of para-hydroxylation sites is 1. The zero-order valence-electron chi connectivity index (χ0n) is 17.2. The molecule has 0 saturated carbocycles. The standard InChI is InChI=1S/C24H28N3O2S/c1-2-6-23-22(4-1)26-24(30-23)29-20-9-7-19(8-10-20)28-17-16-27-14-11-18(12-15-27)21-5-3-13-25-21/h1-2,4,6-10,18,21H,3,5,11-17H2.